The van der Waals surface area contributed by atoms with Gasteiger partial charge in [-0.1, -0.05) is 24.3 Å². The van der Waals surface area contributed by atoms with E-state index in [9.17, 15) is 17.6 Å². The number of carbonyl (C=O) groups is 1. The summed E-state index contributed by atoms with van der Waals surface area (Å²) in [6, 6.07) is 9.75. The van der Waals surface area contributed by atoms with E-state index in [0.29, 0.717) is 12.8 Å². The van der Waals surface area contributed by atoms with Crippen molar-refractivity contribution in [2.24, 2.45) is 17.8 Å². The standard InChI is InChI=1S/C24H28FN3O4S/c1-33(31,32)28-23-13-17-12-20(27-24(29)30)8-9-21(17)22(23)10-7-19-6-5-16(14-26-19)15-3-2-4-18(25)11-15/h2-7,10-11,14,17,20-23,27-28H,8-9,12-13H2,1H3,(H,29,30)/t17-,20?,21+,22-,23+/m0/s1. The summed E-state index contributed by atoms with van der Waals surface area (Å²) in [5, 5.41) is 11.6. The summed E-state index contributed by atoms with van der Waals surface area (Å²) < 4.78 is 40.2. The number of sulfonamides is 1. The lowest BCUT2D eigenvalue weighted by atomic mass is 9.75. The predicted molar refractivity (Wildman–Crippen MR) is 124 cm³/mol. The zero-order valence-electron chi connectivity index (χ0n) is 18.3. The number of nitrogens with zero attached hydrogens (tertiary/aromatic N) is 1. The lowest BCUT2D eigenvalue weighted by Crippen LogP contribution is -2.40. The second-order valence-electron chi connectivity index (χ2n) is 9.03. The van der Waals surface area contributed by atoms with Gasteiger partial charge < -0.3 is 10.4 Å². The van der Waals surface area contributed by atoms with Crippen LogP contribution in [0.15, 0.2) is 48.7 Å². The molecule has 2 saturated carbocycles. The maximum Gasteiger partial charge on any atom is 0.404 e. The number of rotatable bonds is 6. The molecule has 0 bridgehead atoms. The molecule has 0 radical (unpaired) electrons. The van der Waals surface area contributed by atoms with Crippen LogP contribution in [0.2, 0.25) is 0 Å². The Morgan fingerprint density at radius 1 is 1.18 bits per heavy atom. The van der Waals surface area contributed by atoms with Gasteiger partial charge in [0.1, 0.15) is 5.82 Å². The number of benzene rings is 1. The highest BCUT2D eigenvalue weighted by molar-refractivity contribution is 7.88. The highest BCUT2D eigenvalue weighted by Gasteiger charge is 2.45. The van der Waals surface area contributed by atoms with Gasteiger partial charge in [0.15, 0.2) is 0 Å². The van der Waals surface area contributed by atoms with Crippen LogP contribution in [0.25, 0.3) is 17.2 Å². The Labute approximate surface area is 193 Å². The van der Waals surface area contributed by atoms with E-state index in [1.165, 1.54) is 12.1 Å². The number of fused-ring (bicyclic) bond motifs is 1. The summed E-state index contributed by atoms with van der Waals surface area (Å²) >= 11 is 0. The molecule has 33 heavy (non-hydrogen) atoms. The fourth-order valence-electron chi connectivity index (χ4n) is 5.38. The van der Waals surface area contributed by atoms with E-state index in [-0.39, 0.29) is 35.7 Å². The molecule has 1 aromatic carbocycles. The molecule has 2 fully saturated rings. The molecule has 1 heterocycles. The summed E-state index contributed by atoms with van der Waals surface area (Å²) in [6.45, 7) is 0. The van der Waals surface area contributed by atoms with Crippen LogP contribution in [-0.4, -0.2) is 42.9 Å². The fourth-order valence-corrected chi connectivity index (χ4v) is 6.19. The highest BCUT2D eigenvalue weighted by atomic mass is 32.2. The Balaban J connectivity index is 1.51. The number of amides is 1. The molecule has 3 N–H and O–H groups in total. The van der Waals surface area contributed by atoms with Gasteiger partial charge in [-0.05, 0) is 73.3 Å². The van der Waals surface area contributed by atoms with Gasteiger partial charge >= 0.3 is 6.09 Å². The van der Waals surface area contributed by atoms with Crippen molar-refractivity contribution >= 4 is 22.2 Å². The van der Waals surface area contributed by atoms with Gasteiger partial charge in [0.2, 0.25) is 10.0 Å². The van der Waals surface area contributed by atoms with Crippen LogP contribution in [0.3, 0.4) is 0 Å². The highest BCUT2D eigenvalue weighted by Crippen LogP contribution is 2.47. The van der Waals surface area contributed by atoms with Crippen molar-refractivity contribution in [3.05, 3.63) is 60.2 Å². The van der Waals surface area contributed by atoms with Crippen molar-refractivity contribution in [3.63, 3.8) is 0 Å². The number of pyridine rings is 1. The number of carboxylic acid groups (broad SMARTS) is 1. The zero-order chi connectivity index (χ0) is 23.6. The van der Waals surface area contributed by atoms with Gasteiger partial charge in [-0.25, -0.2) is 22.3 Å². The van der Waals surface area contributed by atoms with Crippen molar-refractivity contribution in [2.45, 2.75) is 37.8 Å². The first kappa shape index (κ1) is 23.4. The number of aromatic nitrogens is 1. The van der Waals surface area contributed by atoms with E-state index in [0.717, 1.165) is 35.9 Å². The van der Waals surface area contributed by atoms with Gasteiger partial charge in [0.25, 0.3) is 0 Å². The Morgan fingerprint density at radius 2 is 2.00 bits per heavy atom. The van der Waals surface area contributed by atoms with Crippen LogP contribution in [-0.2, 0) is 10.0 Å². The maximum absolute atomic E-state index is 13.5. The molecule has 4 rings (SSSR count). The van der Waals surface area contributed by atoms with Gasteiger partial charge in [-0.2, -0.15) is 0 Å². The van der Waals surface area contributed by atoms with E-state index < -0.39 is 16.1 Å². The van der Waals surface area contributed by atoms with Gasteiger partial charge in [0.05, 0.1) is 11.9 Å². The zero-order valence-corrected chi connectivity index (χ0v) is 19.1. The molecule has 7 nitrogen and oxygen atoms in total. The minimum absolute atomic E-state index is 0.000184. The molecule has 1 unspecified atom stereocenters. The average Bonchev–Trinajstić information content (AvgIpc) is 3.06. The van der Waals surface area contributed by atoms with Gasteiger partial charge in [0, 0.05) is 23.8 Å². The fraction of sp³-hybridized carbons (Fsp3) is 0.417. The molecule has 2 aliphatic carbocycles. The van der Waals surface area contributed by atoms with E-state index >= 15 is 0 Å². The van der Waals surface area contributed by atoms with E-state index in [1.807, 2.05) is 30.4 Å². The molecule has 0 saturated heterocycles. The topological polar surface area (TPSA) is 108 Å². The van der Waals surface area contributed by atoms with E-state index in [4.69, 9.17) is 5.11 Å². The first-order valence-electron chi connectivity index (χ1n) is 11.0. The van der Waals surface area contributed by atoms with Gasteiger partial charge in [-0.3, -0.25) is 4.98 Å². The number of hydrogen-bond donors (Lipinski definition) is 3. The Morgan fingerprint density at radius 3 is 2.67 bits per heavy atom. The Bertz CT molecular complexity index is 1140. The maximum atomic E-state index is 13.5. The predicted octanol–water partition coefficient (Wildman–Crippen LogP) is 3.89. The quantitative estimate of drug-likeness (QED) is 0.590. The van der Waals surface area contributed by atoms with Crippen LogP contribution >= 0.6 is 0 Å². The third-order valence-electron chi connectivity index (χ3n) is 6.68. The molecule has 5 atom stereocenters. The minimum Gasteiger partial charge on any atom is -0.465 e. The van der Waals surface area contributed by atoms with Crippen LogP contribution < -0.4 is 10.0 Å². The monoisotopic (exact) mass is 473 g/mol. The van der Waals surface area contributed by atoms with E-state index in [2.05, 4.69) is 15.0 Å². The first-order chi connectivity index (χ1) is 15.7. The lowest BCUT2D eigenvalue weighted by Gasteiger charge is -2.33. The molecular formula is C24H28FN3O4S. The summed E-state index contributed by atoms with van der Waals surface area (Å²) in [6.07, 6.45) is 8.73. The number of halogens is 1. The van der Waals surface area contributed by atoms with Crippen molar-refractivity contribution < 1.29 is 22.7 Å². The van der Waals surface area contributed by atoms with E-state index in [1.54, 1.807) is 12.3 Å². The van der Waals surface area contributed by atoms with Crippen LogP contribution in [0.5, 0.6) is 0 Å². The van der Waals surface area contributed by atoms with Crippen molar-refractivity contribution in [1.29, 1.82) is 0 Å². The second-order valence-corrected chi connectivity index (χ2v) is 10.8. The van der Waals surface area contributed by atoms with Crippen molar-refractivity contribution in [3.8, 4) is 11.1 Å². The molecule has 0 spiro atoms. The third-order valence-corrected chi connectivity index (χ3v) is 7.41. The molecule has 9 heteroatoms. The van der Waals surface area contributed by atoms with Gasteiger partial charge in [-0.15, -0.1) is 0 Å². The number of nitrogens with one attached hydrogen (secondary N) is 2. The number of hydrogen-bond acceptors (Lipinski definition) is 4. The summed E-state index contributed by atoms with van der Waals surface area (Å²) in [4.78, 5) is 15.5. The molecular weight excluding hydrogens is 445 g/mol. The molecule has 2 aliphatic rings. The first-order valence-corrected chi connectivity index (χ1v) is 12.9. The lowest BCUT2D eigenvalue weighted by molar-refractivity contribution is 0.168. The summed E-state index contributed by atoms with van der Waals surface area (Å²) in [5.74, 6) is 0.219. The largest absolute Gasteiger partial charge is 0.465 e. The Kier molecular flexibility index (Phi) is 6.81. The normalized spacial score (nSPS) is 27.4. The summed E-state index contributed by atoms with van der Waals surface area (Å²) in [7, 11) is -3.38. The van der Waals surface area contributed by atoms with Crippen LogP contribution in [0, 0.1) is 23.6 Å². The molecule has 1 aromatic heterocycles. The molecule has 1 amide bonds. The van der Waals surface area contributed by atoms with Crippen molar-refractivity contribution in [1.82, 2.24) is 15.0 Å². The average molecular weight is 474 g/mol. The molecule has 2 aromatic rings. The second kappa shape index (κ2) is 9.61. The third kappa shape index (κ3) is 5.97. The molecule has 176 valence electrons. The smallest absolute Gasteiger partial charge is 0.404 e. The molecule has 0 aliphatic heterocycles. The van der Waals surface area contributed by atoms with Crippen LogP contribution in [0.4, 0.5) is 9.18 Å². The Hall–Kier alpha value is -2.78. The van der Waals surface area contributed by atoms with Crippen LogP contribution in [0.1, 0.15) is 31.4 Å². The summed E-state index contributed by atoms with van der Waals surface area (Å²) in [5.41, 5.74) is 2.30. The SMILES string of the molecule is CS(=O)(=O)N[C@@H]1C[C@@H]2CC(NC(=O)O)CC[C@H]2[C@@H]1C=Cc1ccc(-c2cccc(F)c2)cn1. The van der Waals surface area contributed by atoms with Crippen molar-refractivity contribution in [2.75, 3.05) is 6.26 Å². The minimum atomic E-state index is -3.38.